The number of nitrogens with two attached hydrogens (primary N) is 1. The number of nitrogens with zero attached hydrogens (tertiary/aromatic N) is 2. The number of ether oxygens (including phenoxy) is 1. The monoisotopic (exact) mass is 197 g/mol. The van der Waals surface area contributed by atoms with E-state index in [4.69, 9.17) is 10.5 Å². The predicted octanol–water partition coefficient (Wildman–Crippen LogP) is 0.715. The van der Waals surface area contributed by atoms with Crippen LogP contribution in [0.3, 0.4) is 0 Å². The van der Waals surface area contributed by atoms with Gasteiger partial charge in [0.15, 0.2) is 0 Å². The third kappa shape index (κ3) is 2.82. The maximum atomic E-state index is 5.99. The number of rotatable bonds is 5. The Kier molecular flexibility index (Phi) is 4.10. The minimum Gasteiger partial charge on any atom is -0.377 e. The summed E-state index contributed by atoms with van der Waals surface area (Å²) in [5.41, 5.74) is 5.99. The van der Waals surface area contributed by atoms with Crippen molar-refractivity contribution < 1.29 is 4.74 Å². The van der Waals surface area contributed by atoms with Gasteiger partial charge < -0.3 is 15.0 Å². The van der Waals surface area contributed by atoms with E-state index in [1.165, 1.54) is 0 Å². The zero-order chi connectivity index (χ0) is 10.6. The first-order chi connectivity index (χ1) is 6.65. The molecule has 0 spiro atoms. The van der Waals surface area contributed by atoms with E-state index < -0.39 is 0 Å². The van der Waals surface area contributed by atoms with Crippen molar-refractivity contribution in [3.05, 3.63) is 18.2 Å². The molecule has 1 heterocycles. The van der Waals surface area contributed by atoms with Crippen LogP contribution < -0.4 is 5.73 Å². The van der Waals surface area contributed by atoms with Crippen LogP contribution in [0.25, 0.3) is 0 Å². The Labute approximate surface area is 85.1 Å². The highest BCUT2D eigenvalue weighted by Crippen LogP contribution is 2.04. The van der Waals surface area contributed by atoms with Gasteiger partial charge in [0.1, 0.15) is 5.82 Å². The van der Waals surface area contributed by atoms with E-state index in [1.807, 2.05) is 31.7 Å². The Morgan fingerprint density at radius 2 is 2.36 bits per heavy atom. The number of aromatic nitrogens is 2. The molecule has 0 bridgehead atoms. The fourth-order valence-electron chi connectivity index (χ4n) is 1.36. The van der Waals surface area contributed by atoms with Gasteiger partial charge in [0.2, 0.25) is 0 Å². The minimum absolute atomic E-state index is 0.0102. The third-order valence-electron chi connectivity index (χ3n) is 2.37. The Balaban J connectivity index is 2.48. The first kappa shape index (κ1) is 11.2. The van der Waals surface area contributed by atoms with Crippen molar-refractivity contribution in [3.63, 3.8) is 0 Å². The maximum Gasteiger partial charge on any atom is 0.110 e. The van der Waals surface area contributed by atoms with Crippen LogP contribution in [0.5, 0.6) is 0 Å². The van der Waals surface area contributed by atoms with E-state index in [1.54, 1.807) is 6.20 Å². The van der Waals surface area contributed by atoms with Gasteiger partial charge in [-0.2, -0.15) is 0 Å². The van der Waals surface area contributed by atoms with Gasteiger partial charge in [0, 0.05) is 38.5 Å². The highest BCUT2D eigenvalue weighted by Gasteiger charge is 2.14. The topological polar surface area (TPSA) is 53.1 Å². The Hall–Kier alpha value is -0.870. The highest BCUT2D eigenvalue weighted by atomic mass is 16.5. The molecule has 0 aliphatic rings. The van der Waals surface area contributed by atoms with Crippen molar-refractivity contribution >= 4 is 0 Å². The largest absolute Gasteiger partial charge is 0.377 e. The molecular weight excluding hydrogens is 178 g/mol. The summed E-state index contributed by atoms with van der Waals surface area (Å²) in [5.74, 6) is 1.00. The molecule has 0 saturated heterocycles. The van der Waals surface area contributed by atoms with E-state index >= 15 is 0 Å². The molecule has 0 aliphatic carbocycles. The molecule has 2 unspecified atom stereocenters. The Morgan fingerprint density at radius 1 is 1.64 bits per heavy atom. The lowest BCUT2D eigenvalue weighted by Crippen LogP contribution is -2.37. The van der Waals surface area contributed by atoms with Crippen LogP contribution in [0.2, 0.25) is 0 Å². The summed E-state index contributed by atoms with van der Waals surface area (Å²) < 4.78 is 7.41. The van der Waals surface area contributed by atoms with Crippen molar-refractivity contribution in [1.82, 2.24) is 9.55 Å². The average molecular weight is 197 g/mol. The molecule has 4 heteroatoms. The van der Waals surface area contributed by atoms with Crippen LogP contribution in [0, 0.1) is 0 Å². The van der Waals surface area contributed by atoms with Gasteiger partial charge in [-0.25, -0.2) is 4.98 Å². The van der Waals surface area contributed by atoms with Gasteiger partial charge in [-0.05, 0) is 13.8 Å². The number of hydrogen-bond donors (Lipinski definition) is 1. The summed E-state index contributed by atoms with van der Waals surface area (Å²) in [6.07, 6.45) is 4.54. The van der Waals surface area contributed by atoms with Crippen molar-refractivity contribution in [3.8, 4) is 0 Å². The lowest BCUT2D eigenvalue weighted by atomic mass is 10.1. The van der Waals surface area contributed by atoms with E-state index in [9.17, 15) is 0 Å². The summed E-state index contributed by atoms with van der Waals surface area (Å²) in [6.45, 7) is 4.68. The van der Waals surface area contributed by atoms with Gasteiger partial charge in [-0.15, -0.1) is 0 Å². The lowest BCUT2D eigenvalue weighted by molar-refractivity contribution is 0.0571. The van der Waals surface area contributed by atoms with Gasteiger partial charge in [-0.3, -0.25) is 0 Å². The van der Waals surface area contributed by atoms with Crippen molar-refractivity contribution in [2.24, 2.45) is 12.8 Å². The molecular formula is C10H19N3O. The summed E-state index contributed by atoms with van der Waals surface area (Å²) in [4.78, 5) is 4.23. The molecule has 1 rings (SSSR count). The van der Waals surface area contributed by atoms with Crippen molar-refractivity contribution in [1.29, 1.82) is 0 Å². The molecule has 2 N–H and O–H groups in total. The van der Waals surface area contributed by atoms with E-state index in [-0.39, 0.29) is 12.1 Å². The van der Waals surface area contributed by atoms with Crippen LogP contribution in [-0.4, -0.2) is 28.3 Å². The number of aryl methyl sites for hydroxylation is 1. The molecule has 0 aromatic carbocycles. The Morgan fingerprint density at radius 3 is 2.86 bits per heavy atom. The van der Waals surface area contributed by atoms with Crippen molar-refractivity contribution in [2.75, 3.05) is 6.61 Å². The molecule has 0 fully saturated rings. The number of hydrogen-bond acceptors (Lipinski definition) is 3. The van der Waals surface area contributed by atoms with E-state index in [0.717, 1.165) is 12.2 Å². The molecule has 2 atom stereocenters. The first-order valence-electron chi connectivity index (χ1n) is 4.98. The highest BCUT2D eigenvalue weighted by molar-refractivity contribution is 4.95. The van der Waals surface area contributed by atoms with Gasteiger partial charge >= 0.3 is 0 Å². The van der Waals surface area contributed by atoms with E-state index in [0.29, 0.717) is 6.61 Å². The van der Waals surface area contributed by atoms with Crippen LogP contribution in [-0.2, 0) is 18.2 Å². The fourth-order valence-corrected chi connectivity index (χ4v) is 1.36. The molecule has 0 amide bonds. The zero-order valence-electron chi connectivity index (χ0n) is 9.10. The summed E-state index contributed by atoms with van der Waals surface area (Å²) in [5, 5.41) is 0. The van der Waals surface area contributed by atoms with Gasteiger partial charge in [-0.1, -0.05) is 0 Å². The second-order valence-corrected chi connectivity index (χ2v) is 3.48. The predicted molar refractivity (Wildman–Crippen MR) is 56.0 cm³/mol. The molecule has 0 aliphatic heterocycles. The molecule has 0 radical (unpaired) electrons. The van der Waals surface area contributed by atoms with Crippen LogP contribution >= 0.6 is 0 Å². The number of imidazole rings is 1. The smallest absolute Gasteiger partial charge is 0.110 e. The quantitative estimate of drug-likeness (QED) is 0.756. The van der Waals surface area contributed by atoms with E-state index in [2.05, 4.69) is 4.98 Å². The normalized spacial score (nSPS) is 15.4. The molecule has 14 heavy (non-hydrogen) atoms. The van der Waals surface area contributed by atoms with Crippen LogP contribution in [0.15, 0.2) is 12.4 Å². The summed E-state index contributed by atoms with van der Waals surface area (Å²) in [7, 11) is 1.97. The molecule has 1 aromatic heterocycles. The summed E-state index contributed by atoms with van der Waals surface area (Å²) >= 11 is 0. The Bertz CT molecular complexity index is 272. The second kappa shape index (κ2) is 5.12. The van der Waals surface area contributed by atoms with Gasteiger partial charge in [0.05, 0.1) is 6.10 Å². The first-order valence-corrected chi connectivity index (χ1v) is 4.98. The molecule has 0 saturated carbocycles. The second-order valence-electron chi connectivity index (χ2n) is 3.48. The molecule has 1 aromatic rings. The van der Waals surface area contributed by atoms with Crippen LogP contribution in [0.1, 0.15) is 19.7 Å². The van der Waals surface area contributed by atoms with Gasteiger partial charge in [0.25, 0.3) is 0 Å². The maximum absolute atomic E-state index is 5.99. The van der Waals surface area contributed by atoms with Crippen LogP contribution in [0.4, 0.5) is 0 Å². The average Bonchev–Trinajstić information content (AvgIpc) is 2.52. The standard InChI is InChI=1S/C10H19N3O/c1-4-14-8(2)9(11)7-10-12-5-6-13(10)3/h5-6,8-9H,4,7,11H2,1-3H3. The summed E-state index contributed by atoms with van der Waals surface area (Å²) in [6, 6.07) is 0.0102. The molecule has 80 valence electrons. The third-order valence-corrected chi connectivity index (χ3v) is 2.37. The zero-order valence-corrected chi connectivity index (χ0v) is 9.10. The fraction of sp³-hybridized carbons (Fsp3) is 0.700. The SMILES string of the molecule is CCOC(C)C(N)Cc1nccn1C. The molecule has 4 nitrogen and oxygen atoms in total. The lowest BCUT2D eigenvalue weighted by Gasteiger charge is -2.19. The van der Waals surface area contributed by atoms with Crippen molar-refractivity contribution in [2.45, 2.75) is 32.4 Å². The minimum atomic E-state index is 0.0102.